The lowest BCUT2D eigenvalue weighted by Gasteiger charge is -2.29. The second-order valence-electron chi connectivity index (χ2n) is 7.58. The average molecular weight is 444 g/mol. The van der Waals surface area contributed by atoms with Crippen LogP contribution in [0.25, 0.3) is 21.9 Å². The highest BCUT2D eigenvalue weighted by molar-refractivity contribution is 6.01. The van der Waals surface area contributed by atoms with Gasteiger partial charge in [-0.1, -0.05) is 5.21 Å². The number of fused-ring (bicyclic) bond motifs is 3. The van der Waals surface area contributed by atoms with E-state index in [-0.39, 0.29) is 24.3 Å². The van der Waals surface area contributed by atoms with Gasteiger partial charge in [-0.15, -0.1) is 17.5 Å². The fraction of sp³-hybridized carbons (Fsp3) is 0.333. The maximum absolute atomic E-state index is 14.8. The molecule has 0 unspecified atom stereocenters. The van der Waals surface area contributed by atoms with Gasteiger partial charge < -0.3 is 15.0 Å². The molecule has 4 aromatic rings. The lowest BCUT2D eigenvalue weighted by molar-refractivity contribution is 0.122. The van der Waals surface area contributed by atoms with Crippen molar-refractivity contribution in [2.75, 3.05) is 36.5 Å². The monoisotopic (exact) mass is 443 g/mol. The van der Waals surface area contributed by atoms with Gasteiger partial charge in [0.05, 0.1) is 18.9 Å². The van der Waals surface area contributed by atoms with Gasteiger partial charge in [0.2, 0.25) is 5.95 Å². The van der Waals surface area contributed by atoms with Gasteiger partial charge in [-0.2, -0.15) is 0 Å². The second-order valence-corrected chi connectivity index (χ2v) is 7.58. The second kappa shape index (κ2) is 8.60. The molecule has 1 aliphatic heterocycles. The Bertz CT molecular complexity index is 1220. The van der Waals surface area contributed by atoms with Gasteiger partial charge in [0.25, 0.3) is 0 Å². The van der Waals surface area contributed by atoms with Crippen molar-refractivity contribution in [3.63, 3.8) is 0 Å². The van der Waals surface area contributed by atoms with Crippen LogP contribution in [-0.4, -0.2) is 51.3 Å². The van der Waals surface area contributed by atoms with E-state index in [2.05, 4.69) is 30.5 Å². The van der Waals surface area contributed by atoms with E-state index in [1.54, 1.807) is 12.3 Å². The molecule has 0 atom stereocenters. The van der Waals surface area contributed by atoms with Crippen molar-refractivity contribution in [3.05, 3.63) is 42.3 Å². The summed E-state index contributed by atoms with van der Waals surface area (Å²) in [6.07, 6.45) is 1.72. The van der Waals surface area contributed by atoms with E-state index in [1.807, 2.05) is 36.7 Å². The smallest absolute Gasteiger partial charge is 0.227 e. The molecule has 0 bridgehead atoms. The van der Waals surface area contributed by atoms with Crippen LogP contribution in [-0.2, 0) is 4.74 Å². The van der Waals surface area contributed by atoms with E-state index >= 15 is 0 Å². The highest BCUT2D eigenvalue weighted by Gasteiger charge is 2.16. The molecule has 5 rings (SSSR count). The first kappa shape index (κ1) is 21.2. The first-order valence-corrected chi connectivity index (χ1v) is 10.00. The summed E-state index contributed by atoms with van der Waals surface area (Å²) in [6, 6.07) is 9.10. The van der Waals surface area contributed by atoms with Gasteiger partial charge in [-0.25, -0.2) is 19.0 Å². The number of morpholine rings is 1. The van der Waals surface area contributed by atoms with Gasteiger partial charge >= 0.3 is 0 Å². The predicted molar refractivity (Wildman–Crippen MR) is 121 cm³/mol. The Morgan fingerprint density at radius 3 is 2.68 bits per heavy atom. The number of rotatable bonds is 4. The molecule has 2 aromatic heterocycles. The summed E-state index contributed by atoms with van der Waals surface area (Å²) >= 11 is 0. The number of ether oxygens (including phenoxy) is 1. The lowest BCUT2D eigenvalue weighted by Crippen LogP contribution is -2.36. The van der Waals surface area contributed by atoms with E-state index in [4.69, 9.17) is 4.74 Å². The third-order valence-corrected chi connectivity index (χ3v) is 5.25. The summed E-state index contributed by atoms with van der Waals surface area (Å²) in [5, 5.41) is 12.4. The van der Waals surface area contributed by atoms with Gasteiger partial charge in [0.1, 0.15) is 22.4 Å². The van der Waals surface area contributed by atoms with Crippen LogP contribution in [0.5, 0.6) is 0 Å². The molecular weight excluding hydrogens is 421 g/mol. The molecule has 1 N–H and O–H groups in total. The number of nitrogens with one attached hydrogen (secondary N) is 1. The molecule has 10 heteroatoms. The van der Waals surface area contributed by atoms with Gasteiger partial charge in [0.15, 0.2) is 0 Å². The minimum absolute atomic E-state index is 0. The standard InChI is InChI=1S/C21H22FN7O.ClH/c1-13(2)29-20-18(26-27-29)5-3-14-12-23-21(25-19(14)20)24-17-6-4-15(11-16(17)22)28-7-9-30-10-8-28;/h3-6,11-13H,7-10H2,1-2H3,(H,23,24,25);1H. The average Bonchev–Trinajstić information content (AvgIpc) is 3.21. The van der Waals surface area contributed by atoms with Crippen LogP contribution in [0.1, 0.15) is 19.9 Å². The van der Waals surface area contributed by atoms with E-state index in [0.717, 1.165) is 40.7 Å². The number of benzene rings is 2. The maximum atomic E-state index is 14.8. The van der Waals surface area contributed by atoms with Crippen molar-refractivity contribution in [2.45, 2.75) is 19.9 Å². The largest absolute Gasteiger partial charge is 0.378 e. The summed E-state index contributed by atoms with van der Waals surface area (Å²) in [4.78, 5) is 11.1. The van der Waals surface area contributed by atoms with Crippen LogP contribution < -0.4 is 10.2 Å². The minimum Gasteiger partial charge on any atom is -0.378 e. The molecule has 2 aromatic carbocycles. The zero-order valence-corrected chi connectivity index (χ0v) is 18.1. The Morgan fingerprint density at radius 2 is 1.94 bits per heavy atom. The molecule has 0 radical (unpaired) electrons. The molecule has 0 spiro atoms. The van der Waals surface area contributed by atoms with Crippen LogP contribution in [0.3, 0.4) is 0 Å². The molecule has 3 heterocycles. The lowest BCUT2D eigenvalue weighted by atomic mass is 10.2. The van der Waals surface area contributed by atoms with Gasteiger partial charge in [-0.3, -0.25) is 0 Å². The third kappa shape index (κ3) is 3.98. The first-order valence-electron chi connectivity index (χ1n) is 10.00. The normalized spacial score (nSPS) is 14.3. The number of halogens is 2. The minimum atomic E-state index is -0.352. The summed E-state index contributed by atoms with van der Waals surface area (Å²) in [7, 11) is 0. The molecule has 1 aliphatic rings. The third-order valence-electron chi connectivity index (χ3n) is 5.25. The van der Waals surface area contributed by atoms with Crippen molar-refractivity contribution in [1.82, 2.24) is 25.0 Å². The summed E-state index contributed by atoms with van der Waals surface area (Å²) in [5.41, 5.74) is 3.51. The molecule has 0 aliphatic carbocycles. The zero-order valence-electron chi connectivity index (χ0n) is 17.2. The van der Waals surface area contributed by atoms with Crippen LogP contribution >= 0.6 is 12.4 Å². The topological polar surface area (TPSA) is 81.0 Å². The highest BCUT2D eigenvalue weighted by atomic mass is 35.5. The molecule has 1 fully saturated rings. The van der Waals surface area contributed by atoms with Crippen LogP contribution in [0, 0.1) is 5.82 Å². The van der Waals surface area contributed by atoms with E-state index in [0.29, 0.717) is 24.8 Å². The van der Waals surface area contributed by atoms with Crippen LogP contribution in [0.15, 0.2) is 36.5 Å². The Kier molecular flexibility index (Phi) is 5.88. The number of anilines is 3. The molecule has 8 nitrogen and oxygen atoms in total. The number of hydrogen-bond acceptors (Lipinski definition) is 7. The Hall–Kier alpha value is -3.04. The SMILES string of the molecule is CC(C)n1nnc2ccc3cnc(Nc4ccc(N5CCOCC5)cc4F)nc3c21.Cl. The molecule has 31 heavy (non-hydrogen) atoms. The zero-order chi connectivity index (χ0) is 20.7. The van der Waals surface area contributed by atoms with E-state index in [1.165, 1.54) is 6.07 Å². The predicted octanol–water partition coefficient (Wildman–Crippen LogP) is 4.10. The number of aromatic nitrogens is 5. The highest BCUT2D eigenvalue weighted by Crippen LogP contribution is 2.27. The molecule has 162 valence electrons. The fourth-order valence-corrected chi connectivity index (χ4v) is 3.69. The van der Waals surface area contributed by atoms with Crippen molar-refractivity contribution < 1.29 is 9.13 Å². The Labute approximate surface area is 184 Å². The van der Waals surface area contributed by atoms with Crippen molar-refractivity contribution in [1.29, 1.82) is 0 Å². The van der Waals surface area contributed by atoms with Crippen molar-refractivity contribution in [3.8, 4) is 0 Å². The molecular formula is C21H23ClFN7O. The molecule has 1 saturated heterocycles. The molecule has 0 amide bonds. The van der Waals surface area contributed by atoms with Crippen molar-refractivity contribution >= 4 is 51.7 Å². The van der Waals surface area contributed by atoms with Crippen LogP contribution in [0.4, 0.5) is 21.7 Å². The summed E-state index contributed by atoms with van der Waals surface area (Å²) < 4.78 is 22.0. The van der Waals surface area contributed by atoms with E-state index in [9.17, 15) is 4.39 Å². The van der Waals surface area contributed by atoms with Gasteiger partial charge in [-0.05, 0) is 44.2 Å². The summed E-state index contributed by atoms with van der Waals surface area (Å²) in [6.45, 7) is 6.91. The van der Waals surface area contributed by atoms with Gasteiger partial charge in [0, 0.05) is 36.4 Å². The van der Waals surface area contributed by atoms with E-state index < -0.39 is 0 Å². The maximum Gasteiger partial charge on any atom is 0.227 e. The Balaban J connectivity index is 0.00000231. The fourth-order valence-electron chi connectivity index (χ4n) is 3.69. The first-order chi connectivity index (χ1) is 14.6. The van der Waals surface area contributed by atoms with Crippen molar-refractivity contribution in [2.24, 2.45) is 0 Å². The summed E-state index contributed by atoms with van der Waals surface area (Å²) in [5.74, 6) is -0.0284. The quantitative estimate of drug-likeness (QED) is 0.508. The van der Waals surface area contributed by atoms with Crippen LogP contribution in [0.2, 0.25) is 0 Å². The Morgan fingerprint density at radius 1 is 1.13 bits per heavy atom. The molecule has 0 saturated carbocycles. The number of hydrogen-bond donors (Lipinski definition) is 1. The number of nitrogens with zero attached hydrogens (tertiary/aromatic N) is 6.